The third-order valence-electron chi connectivity index (χ3n) is 6.06. The highest BCUT2D eigenvalue weighted by Crippen LogP contribution is 2.34. The molecule has 0 heterocycles. The van der Waals surface area contributed by atoms with Gasteiger partial charge in [-0.2, -0.15) is 0 Å². The lowest BCUT2D eigenvalue weighted by Crippen LogP contribution is -2.23. The molecule has 1 atom stereocenters. The Morgan fingerprint density at radius 2 is 1.61 bits per heavy atom. The number of benzene rings is 2. The van der Waals surface area contributed by atoms with Crippen LogP contribution in [0.4, 0.5) is 0 Å². The topological polar surface area (TPSA) is 32.3 Å². The van der Waals surface area contributed by atoms with Gasteiger partial charge >= 0.3 is 0 Å². The van der Waals surface area contributed by atoms with Gasteiger partial charge in [0.2, 0.25) is 0 Å². The van der Waals surface area contributed by atoms with Gasteiger partial charge in [0.05, 0.1) is 6.10 Å². The Balaban J connectivity index is 0.00000280. The van der Waals surface area contributed by atoms with E-state index in [0.29, 0.717) is 6.54 Å². The molecular weight excluding hydrogens is 366 g/mol. The summed E-state index contributed by atoms with van der Waals surface area (Å²) in [5, 5.41) is 16.9. The number of aliphatic hydroxyl groups is 1. The summed E-state index contributed by atoms with van der Waals surface area (Å²) in [6.45, 7) is 3.92. The molecule has 0 bridgehead atoms. The molecule has 2 aromatic carbocycles. The van der Waals surface area contributed by atoms with Crippen LogP contribution in [0, 0.1) is 0 Å². The van der Waals surface area contributed by atoms with Crippen molar-refractivity contribution < 1.29 is 5.11 Å². The summed E-state index contributed by atoms with van der Waals surface area (Å²) >= 11 is 0. The van der Waals surface area contributed by atoms with E-state index in [9.17, 15) is 5.11 Å². The molecule has 0 aromatic heterocycles. The molecule has 28 heavy (non-hydrogen) atoms. The zero-order chi connectivity index (χ0) is 18.9. The Morgan fingerprint density at radius 1 is 0.929 bits per heavy atom. The third-order valence-corrected chi connectivity index (χ3v) is 6.06. The maximum atomic E-state index is 10.9. The molecule has 1 unspecified atom stereocenters. The summed E-state index contributed by atoms with van der Waals surface area (Å²) in [7, 11) is 0. The van der Waals surface area contributed by atoms with Crippen LogP contribution in [0.25, 0.3) is 10.8 Å². The van der Waals surface area contributed by atoms with Crippen molar-refractivity contribution in [2.75, 3.05) is 13.1 Å². The summed E-state index contributed by atoms with van der Waals surface area (Å²) in [6.07, 6.45) is 13.8. The Morgan fingerprint density at radius 3 is 2.39 bits per heavy atom. The fourth-order valence-electron chi connectivity index (χ4n) is 4.49. The number of fused-ring (bicyclic) bond motifs is 3. The van der Waals surface area contributed by atoms with Crippen LogP contribution in [-0.4, -0.2) is 18.2 Å². The first-order valence-corrected chi connectivity index (χ1v) is 11.2. The smallest absolute Gasteiger partial charge is 0.0920 e. The molecule has 3 heteroatoms. The number of aryl methyl sites for hydroxylation is 2. The molecule has 0 aliphatic heterocycles. The molecule has 0 radical (unpaired) electrons. The normalized spacial score (nSPS) is 14.5. The van der Waals surface area contributed by atoms with Gasteiger partial charge in [-0.05, 0) is 66.1 Å². The van der Waals surface area contributed by atoms with Crippen molar-refractivity contribution in [3.63, 3.8) is 0 Å². The number of hydrogen-bond donors (Lipinski definition) is 2. The predicted molar refractivity (Wildman–Crippen MR) is 124 cm³/mol. The summed E-state index contributed by atoms with van der Waals surface area (Å²) in [5.41, 5.74) is 4.09. The molecule has 2 nitrogen and oxygen atoms in total. The minimum Gasteiger partial charge on any atom is -0.387 e. The second kappa shape index (κ2) is 12.5. The number of nitrogens with one attached hydrogen (secondary N) is 1. The Hall–Kier alpha value is -1.09. The van der Waals surface area contributed by atoms with Crippen molar-refractivity contribution >= 4 is 23.2 Å². The molecule has 0 saturated heterocycles. The molecule has 0 spiro atoms. The SMILES string of the molecule is CCCCCCCCCNCC(O)c1cc2c(c3ccccc13)CCCC2.Cl. The molecule has 3 rings (SSSR count). The van der Waals surface area contributed by atoms with E-state index in [4.69, 9.17) is 0 Å². The highest BCUT2D eigenvalue weighted by Gasteiger charge is 2.18. The molecule has 1 aliphatic carbocycles. The molecule has 156 valence electrons. The highest BCUT2D eigenvalue weighted by atomic mass is 35.5. The van der Waals surface area contributed by atoms with Gasteiger partial charge in [0.15, 0.2) is 0 Å². The van der Waals surface area contributed by atoms with Crippen molar-refractivity contribution in [2.24, 2.45) is 0 Å². The highest BCUT2D eigenvalue weighted by molar-refractivity contribution is 5.90. The van der Waals surface area contributed by atoms with Crippen LogP contribution in [0.3, 0.4) is 0 Å². The summed E-state index contributed by atoms with van der Waals surface area (Å²) in [6, 6.07) is 10.9. The molecule has 0 amide bonds. The van der Waals surface area contributed by atoms with Crippen LogP contribution in [0.15, 0.2) is 30.3 Å². The molecule has 1 aliphatic rings. The van der Waals surface area contributed by atoms with E-state index in [-0.39, 0.29) is 12.4 Å². The van der Waals surface area contributed by atoms with Crippen LogP contribution in [-0.2, 0) is 12.8 Å². The van der Waals surface area contributed by atoms with Crippen LogP contribution in [0.5, 0.6) is 0 Å². The van der Waals surface area contributed by atoms with Crippen molar-refractivity contribution in [1.29, 1.82) is 0 Å². The maximum Gasteiger partial charge on any atom is 0.0920 e. The van der Waals surface area contributed by atoms with Crippen molar-refractivity contribution in [3.8, 4) is 0 Å². The first-order chi connectivity index (χ1) is 13.3. The van der Waals surface area contributed by atoms with Crippen molar-refractivity contribution in [1.82, 2.24) is 5.32 Å². The van der Waals surface area contributed by atoms with E-state index in [1.807, 2.05) is 0 Å². The molecule has 0 fully saturated rings. The molecular formula is C25H38ClNO. The van der Waals surface area contributed by atoms with Gasteiger partial charge < -0.3 is 10.4 Å². The minimum atomic E-state index is -0.424. The average molecular weight is 404 g/mol. The second-order valence-electron chi connectivity index (χ2n) is 8.20. The van der Waals surface area contributed by atoms with Gasteiger partial charge in [-0.1, -0.05) is 75.8 Å². The Labute approximate surface area is 177 Å². The maximum absolute atomic E-state index is 10.9. The summed E-state index contributed by atoms with van der Waals surface area (Å²) in [5.74, 6) is 0. The predicted octanol–water partition coefficient (Wildman–Crippen LogP) is 6.51. The number of unbranched alkanes of at least 4 members (excludes halogenated alkanes) is 6. The Kier molecular flexibility index (Phi) is 10.3. The number of aliphatic hydroxyl groups excluding tert-OH is 1. The minimum absolute atomic E-state index is 0. The van der Waals surface area contributed by atoms with E-state index in [0.717, 1.165) is 18.5 Å². The molecule has 2 aromatic rings. The van der Waals surface area contributed by atoms with E-state index in [1.54, 1.807) is 0 Å². The zero-order valence-corrected chi connectivity index (χ0v) is 18.3. The van der Waals surface area contributed by atoms with E-state index < -0.39 is 6.10 Å². The van der Waals surface area contributed by atoms with Crippen LogP contribution < -0.4 is 5.32 Å². The number of hydrogen-bond acceptors (Lipinski definition) is 2. The lowest BCUT2D eigenvalue weighted by Gasteiger charge is -2.23. The lowest BCUT2D eigenvalue weighted by molar-refractivity contribution is 0.176. The Bertz CT molecular complexity index is 715. The van der Waals surface area contributed by atoms with Gasteiger partial charge in [0, 0.05) is 6.54 Å². The van der Waals surface area contributed by atoms with Gasteiger partial charge in [-0.15, -0.1) is 12.4 Å². The average Bonchev–Trinajstić information content (AvgIpc) is 2.72. The number of halogens is 1. The summed E-state index contributed by atoms with van der Waals surface area (Å²) in [4.78, 5) is 0. The summed E-state index contributed by atoms with van der Waals surface area (Å²) < 4.78 is 0. The first-order valence-electron chi connectivity index (χ1n) is 11.2. The zero-order valence-electron chi connectivity index (χ0n) is 17.5. The third kappa shape index (κ3) is 6.20. The number of rotatable bonds is 11. The van der Waals surface area contributed by atoms with Crippen LogP contribution in [0.2, 0.25) is 0 Å². The largest absolute Gasteiger partial charge is 0.387 e. The standard InChI is InChI=1S/C25H37NO.ClH/c1-2-3-4-5-6-7-12-17-26-19-25(27)24-18-20-13-8-9-14-21(20)22-15-10-11-16-23(22)24;/h10-11,15-16,18,25-27H,2-9,12-14,17,19H2,1H3;1H. The van der Waals surface area contributed by atoms with E-state index in [1.165, 1.54) is 86.1 Å². The van der Waals surface area contributed by atoms with Crippen molar-refractivity contribution in [2.45, 2.75) is 83.7 Å². The second-order valence-corrected chi connectivity index (χ2v) is 8.20. The van der Waals surface area contributed by atoms with Gasteiger partial charge in [-0.25, -0.2) is 0 Å². The van der Waals surface area contributed by atoms with Crippen LogP contribution in [0.1, 0.15) is 87.5 Å². The van der Waals surface area contributed by atoms with Gasteiger partial charge in [-0.3, -0.25) is 0 Å². The monoisotopic (exact) mass is 403 g/mol. The first kappa shape index (κ1) is 23.2. The van der Waals surface area contributed by atoms with Gasteiger partial charge in [0.25, 0.3) is 0 Å². The van der Waals surface area contributed by atoms with Crippen molar-refractivity contribution in [3.05, 3.63) is 47.0 Å². The van der Waals surface area contributed by atoms with Gasteiger partial charge in [0.1, 0.15) is 0 Å². The van der Waals surface area contributed by atoms with Crippen LogP contribution >= 0.6 is 12.4 Å². The lowest BCUT2D eigenvalue weighted by atomic mass is 9.84. The molecule has 0 saturated carbocycles. The fraction of sp³-hybridized carbons (Fsp3) is 0.600. The van der Waals surface area contributed by atoms with E-state index in [2.05, 4.69) is 42.6 Å². The fourth-order valence-corrected chi connectivity index (χ4v) is 4.49. The molecule has 2 N–H and O–H groups in total. The quantitative estimate of drug-likeness (QED) is 0.419. The van der Waals surface area contributed by atoms with E-state index >= 15 is 0 Å².